The Hall–Kier alpha value is -1.31. The molecule has 2 rings (SSSR count). The highest BCUT2D eigenvalue weighted by molar-refractivity contribution is 7.89. The lowest BCUT2D eigenvalue weighted by Gasteiger charge is -2.05. The van der Waals surface area contributed by atoms with Gasteiger partial charge in [0.1, 0.15) is 6.04 Å². The number of rotatable bonds is 2. The predicted octanol–water partition coefficient (Wildman–Crippen LogP) is 1.39. The molecular weight excluding hydrogens is 222 g/mol. The Morgan fingerprint density at radius 1 is 1.31 bits per heavy atom. The maximum atomic E-state index is 12.1. The minimum atomic E-state index is -3.40. The van der Waals surface area contributed by atoms with Crippen molar-refractivity contribution >= 4 is 10.0 Å². The van der Waals surface area contributed by atoms with E-state index < -0.39 is 10.0 Å². The van der Waals surface area contributed by atoms with Crippen LogP contribution in [0.15, 0.2) is 29.2 Å². The largest absolute Gasteiger partial charge is 0.244 e. The van der Waals surface area contributed by atoms with Gasteiger partial charge in [0, 0.05) is 0 Å². The molecular formula is C12H13NO2S. The van der Waals surface area contributed by atoms with Gasteiger partial charge in [-0.25, -0.2) is 8.42 Å². The molecule has 1 aliphatic heterocycles. The molecule has 3 atom stereocenters. The summed E-state index contributed by atoms with van der Waals surface area (Å²) in [6.07, 6.45) is 5.26. The first-order chi connectivity index (χ1) is 7.48. The van der Waals surface area contributed by atoms with Crippen molar-refractivity contribution in [2.24, 2.45) is 0 Å². The van der Waals surface area contributed by atoms with Crippen LogP contribution in [0.4, 0.5) is 0 Å². The first kappa shape index (κ1) is 11.2. The van der Waals surface area contributed by atoms with Crippen molar-refractivity contribution in [2.75, 3.05) is 0 Å². The summed E-state index contributed by atoms with van der Waals surface area (Å²) in [5.74, 6) is 2.47. The van der Waals surface area contributed by atoms with E-state index in [1.165, 1.54) is 4.31 Å². The molecule has 1 unspecified atom stereocenters. The second kappa shape index (κ2) is 3.62. The zero-order chi connectivity index (χ0) is 11.9. The fourth-order valence-electron chi connectivity index (χ4n) is 1.74. The summed E-state index contributed by atoms with van der Waals surface area (Å²) in [6, 6.07) is 6.42. The molecule has 0 saturated carbocycles. The Morgan fingerprint density at radius 3 is 2.31 bits per heavy atom. The third-order valence-corrected chi connectivity index (χ3v) is 4.79. The lowest BCUT2D eigenvalue weighted by molar-refractivity contribution is 0.552. The summed E-state index contributed by atoms with van der Waals surface area (Å²) in [4.78, 5) is 0.308. The van der Waals surface area contributed by atoms with E-state index in [2.05, 4.69) is 5.92 Å². The maximum Gasteiger partial charge on any atom is 0.244 e. The Bertz CT molecular complexity index is 539. The number of benzene rings is 1. The van der Waals surface area contributed by atoms with E-state index in [1.807, 2.05) is 13.8 Å². The molecule has 0 radical (unpaired) electrons. The number of sulfonamides is 1. The van der Waals surface area contributed by atoms with Crippen LogP contribution < -0.4 is 0 Å². The van der Waals surface area contributed by atoms with Crippen LogP contribution in [0.2, 0.25) is 0 Å². The highest BCUT2D eigenvalue weighted by Gasteiger charge is 2.51. The van der Waals surface area contributed by atoms with Gasteiger partial charge in [-0.15, -0.1) is 6.42 Å². The van der Waals surface area contributed by atoms with E-state index in [-0.39, 0.29) is 12.1 Å². The summed E-state index contributed by atoms with van der Waals surface area (Å²) in [5.41, 5.74) is 1.03. The first-order valence-electron chi connectivity index (χ1n) is 5.05. The fourth-order valence-corrected chi connectivity index (χ4v) is 3.49. The number of hydrogen-bond acceptors (Lipinski definition) is 2. The van der Waals surface area contributed by atoms with Crippen LogP contribution in [0.3, 0.4) is 0 Å². The smallest absolute Gasteiger partial charge is 0.207 e. The first-order valence-corrected chi connectivity index (χ1v) is 6.49. The van der Waals surface area contributed by atoms with Crippen LogP contribution in [-0.2, 0) is 10.0 Å². The molecule has 0 bridgehead atoms. The molecule has 3 nitrogen and oxygen atoms in total. The summed E-state index contributed by atoms with van der Waals surface area (Å²) in [6.45, 7) is 3.73. The number of nitrogens with zero attached hydrogens (tertiary/aromatic N) is 1. The third kappa shape index (κ3) is 1.62. The summed E-state index contributed by atoms with van der Waals surface area (Å²) in [5, 5.41) is 0. The standard InChI is InChI=1S/C12H13NO2S/c1-4-12-10(3)13(12)16(14,15)11-7-5-9(2)6-8-11/h1,5-8,10,12H,2-3H3/t10-,12+,13?/m0/s1. The molecule has 1 saturated heterocycles. The third-order valence-electron chi connectivity index (χ3n) is 2.81. The lowest BCUT2D eigenvalue weighted by atomic mass is 10.2. The van der Waals surface area contributed by atoms with E-state index in [0.717, 1.165) is 5.56 Å². The SMILES string of the molecule is C#C[C@@H]1[C@H](C)N1S(=O)(=O)c1ccc(C)cc1. The van der Waals surface area contributed by atoms with Crippen LogP contribution >= 0.6 is 0 Å². The van der Waals surface area contributed by atoms with Crippen molar-refractivity contribution in [1.82, 2.24) is 4.31 Å². The molecule has 1 heterocycles. The highest BCUT2D eigenvalue weighted by Crippen LogP contribution is 2.34. The minimum absolute atomic E-state index is 0.0868. The molecule has 16 heavy (non-hydrogen) atoms. The van der Waals surface area contributed by atoms with Crippen molar-refractivity contribution in [3.8, 4) is 12.3 Å². The van der Waals surface area contributed by atoms with Gasteiger partial charge in [0.2, 0.25) is 10.0 Å². The van der Waals surface area contributed by atoms with E-state index >= 15 is 0 Å². The predicted molar refractivity (Wildman–Crippen MR) is 62.3 cm³/mol. The molecule has 0 spiro atoms. The molecule has 0 aliphatic carbocycles. The van der Waals surface area contributed by atoms with Crippen molar-refractivity contribution < 1.29 is 8.42 Å². The second-order valence-corrected chi connectivity index (χ2v) is 5.84. The number of hydrogen-bond donors (Lipinski definition) is 0. The zero-order valence-electron chi connectivity index (χ0n) is 9.21. The van der Waals surface area contributed by atoms with Gasteiger partial charge >= 0.3 is 0 Å². The maximum absolute atomic E-state index is 12.1. The van der Waals surface area contributed by atoms with Gasteiger partial charge in [0.15, 0.2) is 0 Å². The molecule has 84 valence electrons. The summed E-state index contributed by atoms with van der Waals surface area (Å²) in [7, 11) is -3.40. The zero-order valence-corrected chi connectivity index (χ0v) is 10.0. The van der Waals surface area contributed by atoms with Gasteiger partial charge in [-0.2, -0.15) is 4.31 Å². The topological polar surface area (TPSA) is 37.1 Å². The average molecular weight is 235 g/mol. The van der Waals surface area contributed by atoms with Crippen molar-refractivity contribution in [3.05, 3.63) is 29.8 Å². The van der Waals surface area contributed by atoms with Gasteiger partial charge in [-0.3, -0.25) is 0 Å². The van der Waals surface area contributed by atoms with Gasteiger partial charge in [0.05, 0.1) is 10.9 Å². The minimum Gasteiger partial charge on any atom is -0.207 e. The van der Waals surface area contributed by atoms with E-state index in [4.69, 9.17) is 6.42 Å². The van der Waals surface area contributed by atoms with Gasteiger partial charge in [-0.1, -0.05) is 23.6 Å². The van der Waals surface area contributed by atoms with Crippen LogP contribution in [-0.4, -0.2) is 24.8 Å². The van der Waals surface area contributed by atoms with Crippen LogP contribution in [0.5, 0.6) is 0 Å². The van der Waals surface area contributed by atoms with Crippen LogP contribution in [0, 0.1) is 19.3 Å². The Balaban J connectivity index is 2.35. The van der Waals surface area contributed by atoms with E-state index in [9.17, 15) is 8.42 Å². The molecule has 0 aromatic heterocycles. The molecule has 4 heteroatoms. The molecule has 1 aromatic rings. The monoisotopic (exact) mass is 235 g/mol. The van der Waals surface area contributed by atoms with E-state index in [0.29, 0.717) is 4.90 Å². The van der Waals surface area contributed by atoms with Gasteiger partial charge in [0.25, 0.3) is 0 Å². The molecule has 1 fully saturated rings. The summed E-state index contributed by atoms with van der Waals surface area (Å²) < 4.78 is 25.6. The lowest BCUT2D eigenvalue weighted by Crippen LogP contribution is -2.15. The molecule has 0 N–H and O–H groups in total. The van der Waals surface area contributed by atoms with Crippen molar-refractivity contribution in [2.45, 2.75) is 30.8 Å². The number of aryl methyl sites for hydroxylation is 1. The Labute approximate surface area is 96.1 Å². The normalized spacial score (nSPS) is 28.4. The average Bonchev–Trinajstić information content (AvgIpc) is 2.90. The quantitative estimate of drug-likeness (QED) is 0.574. The molecule has 1 aromatic carbocycles. The Morgan fingerprint density at radius 2 is 1.88 bits per heavy atom. The van der Waals surface area contributed by atoms with Crippen molar-refractivity contribution in [1.29, 1.82) is 0 Å². The highest BCUT2D eigenvalue weighted by atomic mass is 32.2. The molecule has 1 aliphatic rings. The van der Waals surface area contributed by atoms with Crippen LogP contribution in [0.25, 0.3) is 0 Å². The second-order valence-electron chi connectivity index (χ2n) is 4.00. The van der Waals surface area contributed by atoms with Gasteiger partial charge in [-0.05, 0) is 26.0 Å². The summed E-state index contributed by atoms with van der Waals surface area (Å²) >= 11 is 0. The molecule has 0 amide bonds. The fraction of sp³-hybridized carbons (Fsp3) is 0.333. The Kier molecular flexibility index (Phi) is 2.53. The van der Waals surface area contributed by atoms with Crippen molar-refractivity contribution in [3.63, 3.8) is 0 Å². The van der Waals surface area contributed by atoms with Crippen LogP contribution in [0.1, 0.15) is 12.5 Å². The van der Waals surface area contributed by atoms with E-state index in [1.54, 1.807) is 24.3 Å². The number of terminal acetylenes is 1. The van der Waals surface area contributed by atoms with Gasteiger partial charge < -0.3 is 0 Å².